The van der Waals surface area contributed by atoms with Gasteiger partial charge in [0.15, 0.2) is 0 Å². The average molecular weight is 315 g/mol. The molecule has 104 valence electrons. The van der Waals surface area contributed by atoms with Gasteiger partial charge in [-0.1, -0.05) is 29.3 Å². The molecule has 2 aromatic rings. The van der Waals surface area contributed by atoms with Crippen LogP contribution in [0.4, 0.5) is 4.39 Å². The first-order valence-electron chi connectivity index (χ1n) is 5.56. The Labute approximate surface area is 124 Å². The van der Waals surface area contributed by atoms with Gasteiger partial charge in [0.05, 0.1) is 15.6 Å². The molecule has 0 aliphatic heterocycles. The van der Waals surface area contributed by atoms with E-state index in [9.17, 15) is 9.18 Å². The van der Waals surface area contributed by atoms with Crippen molar-refractivity contribution < 1.29 is 19.0 Å². The highest BCUT2D eigenvalue weighted by Gasteiger charge is 2.08. The van der Waals surface area contributed by atoms with Crippen LogP contribution in [0.25, 0.3) is 0 Å². The van der Waals surface area contributed by atoms with E-state index in [-0.39, 0.29) is 17.9 Å². The van der Waals surface area contributed by atoms with E-state index in [1.807, 2.05) is 0 Å². The van der Waals surface area contributed by atoms with Gasteiger partial charge in [-0.2, -0.15) is 0 Å². The molecule has 6 heteroatoms. The summed E-state index contributed by atoms with van der Waals surface area (Å²) in [5, 5.41) is 9.64. The summed E-state index contributed by atoms with van der Waals surface area (Å²) in [6, 6.07) is 8.25. The summed E-state index contributed by atoms with van der Waals surface area (Å²) in [6.45, 7) is 0.124. The number of carbonyl (C=O) groups is 1. The number of hydrogen-bond acceptors (Lipinski definition) is 2. The van der Waals surface area contributed by atoms with Crippen molar-refractivity contribution in [1.29, 1.82) is 0 Å². The average Bonchev–Trinajstić information content (AvgIpc) is 2.39. The number of carboxylic acid groups (broad SMARTS) is 1. The second-order valence-corrected chi connectivity index (χ2v) is 4.83. The van der Waals surface area contributed by atoms with Gasteiger partial charge in [-0.3, -0.25) is 0 Å². The number of aromatic carboxylic acids is 1. The first kappa shape index (κ1) is 14.6. The maximum atomic E-state index is 13.2. The molecule has 1 N–H and O–H groups in total. The predicted molar refractivity (Wildman–Crippen MR) is 74.2 cm³/mol. The Balaban J connectivity index is 2.14. The van der Waals surface area contributed by atoms with Gasteiger partial charge in [-0.05, 0) is 29.8 Å². The monoisotopic (exact) mass is 314 g/mol. The minimum absolute atomic E-state index is 0.124. The number of halogens is 3. The van der Waals surface area contributed by atoms with Crippen LogP contribution >= 0.6 is 23.2 Å². The van der Waals surface area contributed by atoms with Crippen LogP contribution in [0.1, 0.15) is 15.9 Å². The summed E-state index contributed by atoms with van der Waals surface area (Å²) < 4.78 is 18.6. The fourth-order valence-electron chi connectivity index (χ4n) is 1.57. The van der Waals surface area contributed by atoms with E-state index in [2.05, 4.69) is 0 Å². The van der Waals surface area contributed by atoms with Crippen molar-refractivity contribution in [2.75, 3.05) is 0 Å². The van der Waals surface area contributed by atoms with Gasteiger partial charge in [0.2, 0.25) is 0 Å². The van der Waals surface area contributed by atoms with E-state index < -0.39 is 11.8 Å². The third kappa shape index (κ3) is 3.62. The minimum atomic E-state index is -1.22. The van der Waals surface area contributed by atoms with E-state index in [0.717, 1.165) is 17.7 Å². The summed E-state index contributed by atoms with van der Waals surface area (Å²) in [4.78, 5) is 10.8. The molecule has 20 heavy (non-hydrogen) atoms. The standard InChI is InChI=1S/C14H9Cl2FO3/c15-12-2-1-8(3-13(12)16)7-20-11-5-9(14(18)19)4-10(17)6-11/h1-6H,7H2,(H,18,19). The molecule has 0 heterocycles. The summed E-state index contributed by atoms with van der Waals surface area (Å²) >= 11 is 11.6. The lowest BCUT2D eigenvalue weighted by atomic mass is 10.2. The molecule has 0 saturated carbocycles. The highest BCUT2D eigenvalue weighted by Crippen LogP contribution is 2.24. The molecule has 0 unspecified atom stereocenters. The summed E-state index contributed by atoms with van der Waals surface area (Å²) in [7, 11) is 0. The molecule has 0 fully saturated rings. The number of carboxylic acids is 1. The van der Waals surface area contributed by atoms with E-state index in [4.69, 9.17) is 33.0 Å². The Morgan fingerprint density at radius 1 is 1.15 bits per heavy atom. The number of hydrogen-bond donors (Lipinski definition) is 1. The molecular weight excluding hydrogens is 306 g/mol. The van der Waals surface area contributed by atoms with E-state index in [1.54, 1.807) is 18.2 Å². The lowest BCUT2D eigenvalue weighted by molar-refractivity contribution is 0.0695. The molecule has 0 aliphatic carbocycles. The van der Waals surface area contributed by atoms with Gasteiger partial charge in [0.1, 0.15) is 18.2 Å². The van der Waals surface area contributed by atoms with Crippen LogP contribution in [-0.2, 0) is 6.61 Å². The van der Waals surface area contributed by atoms with Crippen molar-refractivity contribution in [3.05, 3.63) is 63.4 Å². The highest BCUT2D eigenvalue weighted by molar-refractivity contribution is 6.42. The molecule has 0 atom stereocenters. The van der Waals surface area contributed by atoms with Crippen LogP contribution in [0.5, 0.6) is 5.75 Å². The Hall–Kier alpha value is -1.78. The molecular formula is C14H9Cl2FO3. The lowest BCUT2D eigenvalue weighted by Gasteiger charge is -2.08. The van der Waals surface area contributed by atoms with E-state index in [0.29, 0.717) is 10.0 Å². The topological polar surface area (TPSA) is 46.5 Å². The zero-order chi connectivity index (χ0) is 14.7. The maximum Gasteiger partial charge on any atom is 0.335 e. The summed E-state index contributed by atoms with van der Waals surface area (Å²) in [5.74, 6) is -1.76. The van der Waals surface area contributed by atoms with Crippen LogP contribution in [0.3, 0.4) is 0 Å². The van der Waals surface area contributed by atoms with Crippen LogP contribution in [0.2, 0.25) is 10.0 Å². The quantitative estimate of drug-likeness (QED) is 0.909. The molecule has 0 spiro atoms. The van der Waals surface area contributed by atoms with Crippen LogP contribution in [0, 0.1) is 5.82 Å². The van der Waals surface area contributed by atoms with Crippen molar-refractivity contribution in [1.82, 2.24) is 0 Å². The fourth-order valence-corrected chi connectivity index (χ4v) is 1.89. The molecule has 0 aromatic heterocycles. The van der Waals surface area contributed by atoms with Crippen LogP contribution in [-0.4, -0.2) is 11.1 Å². The molecule has 0 radical (unpaired) electrons. The van der Waals surface area contributed by atoms with E-state index >= 15 is 0 Å². The number of rotatable bonds is 4. The Morgan fingerprint density at radius 2 is 1.90 bits per heavy atom. The summed E-state index contributed by atoms with van der Waals surface area (Å²) in [6.07, 6.45) is 0. The molecule has 0 bridgehead atoms. The zero-order valence-corrected chi connectivity index (χ0v) is 11.6. The smallest absolute Gasteiger partial charge is 0.335 e. The van der Waals surface area contributed by atoms with Gasteiger partial charge in [-0.15, -0.1) is 0 Å². The molecule has 2 rings (SSSR count). The van der Waals surface area contributed by atoms with Crippen molar-refractivity contribution >= 4 is 29.2 Å². The van der Waals surface area contributed by atoms with Crippen molar-refractivity contribution in [3.63, 3.8) is 0 Å². The molecule has 3 nitrogen and oxygen atoms in total. The first-order chi connectivity index (χ1) is 9.45. The SMILES string of the molecule is O=C(O)c1cc(F)cc(OCc2ccc(Cl)c(Cl)c2)c1. The summed E-state index contributed by atoms with van der Waals surface area (Å²) in [5.41, 5.74) is 0.565. The van der Waals surface area contributed by atoms with E-state index in [1.165, 1.54) is 6.07 Å². The van der Waals surface area contributed by atoms with Gasteiger partial charge in [0.25, 0.3) is 0 Å². The second kappa shape index (κ2) is 6.11. The fraction of sp³-hybridized carbons (Fsp3) is 0.0714. The molecule has 2 aromatic carbocycles. The largest absolute Gasteiger partial charge is 0.489 e. The van der Waals surface area contributed by atoms with Crippen molar-refractivity contribution in [2.45, 2.75) is 6.61 Å². The lowest BCUT2D eigenvalue weighted by Crippen LogP contribution is -2.00. The normalized spacial score (nSPS) is 10.3. The first-order valence-corrected chi connectivity index (χ1v) is 6.32. The van der Waals surface area contributed by atoms with Crippen molar-refractivity contribution in [3.8, 4) is 5.75 Å². The molecule has 0 saturated heterocycles. The zero-order valence-electron chi connectivity index (χ0n) is 10.1. The predicted octanol–water partition coefficient (Wildman–Crippen LogP) is 4.41. The van der Waals surface area contributed by atoms with Gasteiger partial charge in [0, 0.05) is 6.07 Å². The van der Waals surface area contributed by atoms with Crippen molar-refractivity contribution in [2.24, 2.45) is 0 Å². The molecule has 0 amide bonds. The third-order valence-electron chi connectivity index (χ3n) is 2.51. The number of ether oxygens (including phenoxy) is 1. The maximum absolute atomic E-state index is 13.2. The van der Waals surface area contributed by atoms with Gasteiger partial charge < -0.3 is 9.84 Å². The van der Waals surface area contributed by atoms with Gasteiger partial charge >= 0.3 is 5.97 Å². The Bertz CT molecular complexity index is 659. The Morgan fingerprint density at radius 3 is 2.55 bits per heavy atom. The minimum Gasteiger partial charge on any atom is -0.489 e. The molecule has 0 aliphatic rings. The third-order valence-corrected chi connectivity index (χ3v) is 3.25. The highest BCUT2D eigenvalue weighted by atomic mass is 35.5. The van der Waals surface area contributed by atoms with Crippen LogP contribution < -0.4 is 4.74 Å². The van der Waals surface area contributed by atoms with Gasteiger partial charge in [-0.25, -0.2) is 9.18 Å². The number of benzene rings is 2. The Kier molecular flexibility index (Phi) is 4.47. The van der Waals surface area contributed by atoms with Crippen LogP contribution in [0.15, 0.2) is 36.4 Å². The second-order valence-electron chi connectivity index (χ2n) is 4.02.